The van der Waals surface area contributed by atoms with Crippen LogP contribution in [0.2, 0.25) is 0 Å². The minimum atomic E-state index is 0.0404. The molecular weight excluding hydrogens is 314 g/mol. The van der Waals surface area contributed by atoms with Crippen molar-refractivity contribution in [1.29, 1.82) is 0 Å². The van der Waals surface area contributed by atoms with Gasteiger partial charge in [0.05, 0.1) is 18.8 Å². The van der Waals surface area contributed by atoms with E-state index in [0.717, 1.165) is 35.1 Å². The molecule has 1 heterocycles. The van der Waals surface area contributed by atoms with Crippen molar-refractivity contribution < 1.29 is 13.9 Å². The summed E-state index contributed by atoms with van der Waals surface area (Å²) < 4.78 is 11.6. The minimum absolute atomic E-state index is 0.0404. The van der Waals surface area contributed by atoms with Crippen LogP contribution in [-0.2, 0) is 16.0 Å². The molecule has 0 spiro atoms. The molecule has 1 aliphatic rings. The molecule has 25 heavy (non-hydrogen) atoms. The molecule has 0 aliphatic heterocycles. The first-order valence-corrected chi connectivity index (χ1v) is 9.49. The fourth-order valence-corrected chi connectivity index (χ4v) is 3.54. The van der Waals surface area contributed by atoms with Crippen molar-refractivity contribution in [3.63, 3.8) is 0 Å². The van der Waals surface area contributed by atoms with Crippen LogP contribution < -0.4 is 5.32 Å². The van der Waals surface area contributed by atoms with E-state index in [-0.39, 0.29) is 5.91 Å². The van der Waals surface area contributed by atoms with Crippen molar-refractivity contribution in [3.05, 3.63) is 35.1 Å². The van der Waals surface area contributed by atoms with Crippen LogP contribution >= 0.6 is 0 Å². The zero-order chi connectivity index (χ0) is 17.6. The molecule has 0 bridgehead atoms. The Bertz CT molecular complexity index is 713. The number of fused-ring (bicyclic) bond motifs is 1. The fraction of sp³-hybridized carbons (Fsp3) is 0.571. The number of amides is 1. The van der Waals surface area contributed by atoms with E-state index >= 15 is 0 Å². The number of hydrogen-bond acceptors (Lipinski definition) is 3. The Hall–Kier alpha value is -1.81. The first-order valence-electron chi connectivity index (χ1n) is 9.49. The zero-order valence-corrected chi connectivity index (χ0v) is 15.4. The van der Waals surface area contributed by atoms with Crippen LogP contribution in [0.5, 0.6) is 0 Å². The Balaban J connectivity index is 1.41. The average molecular weight is 343 g/mol. The Morgan fingerprint density at radius 3 is 2.84 bits per heavy atom. The molecule has 0 radical (unpaired) electrons. The molecule has 1 N–H and O–H groups in total. The molecule has 2 aromatic rings. The number of aryl methyl sites for hydroxylation is 2. The monoisotopic (exact) mass is 343 g/mol. The van der Waals surface area contributed by atoms with E-state index in [1.54, 1.807) is 6.26 Å². The second-order valence-corrected chi connectivity index (χ2v) is 7.16. The van der Waals surface area contributed by atoms with Crippen LogP contribution in [0.15, 0.2) is 22.8 Å². The van der Waals surface area contributed by atoms with Gasteiger partial charge in [0, 0.05) is 24.1 Å². The van der Waals surface area contributed by atoms with Gasteiger partial charge in [0.1, 0.15) is 5.58 Å². The lowest BCUT2D eigenvalue weighted by Gasteiger charge is -2.21. The molecule has 3 rings (SSSR count). The smallest absolute Gasteiger partial charge is 0.224 e. The second-order valence-electron chi connectivity index (χ2n) is 7.16. The van der Waals surface area contributed by atoms with Gasteiger partial charge in [-0.15, -0.1) is 0 Å². The number of carbonyl (C=O) groups excluding carboxylic acids is 1. The summed E-state index contributed by atoms with van der Waals surface area (Å²) in [5, 5.41) is 4.03. The maximum Gasteiger partial charge on any atom is 0.224 e. The lowest BCUT2D eigenvalue weighted by Crippen LogP contribution is -2.27. The van der Waals surface area contributed by atoms with Crippen LogP contribution in [0, 0.1) is 13.8 Å². The van der Waals surface area contributed by atoms with Gasteiger partial charge in [-0.1, -0.05) is 31.4 Å². The van der Waals surface area contributed by atoms with Crippen molar-refractivity contribution >= 4 is 16.9 Å². The van der Waals surface area contributed by atoms with E-state index in [0.29, 0.717) is 19.1 Å². The first-order chi connectivity index (χ1) is 12.1. The molecule has 0 atom stereocenters. The maximum atomic E-state index is 12.2. The summed E-state index contributed by atoms with van der Waals surface area (Å²) in [6, 6.07) is 4.12. The third-order valence-electron chi connectivity index (χ3n) is 5.24. The molecule has 1 amide bonds. The fourth-order valence-electron chi connectivity index (χ4n) is 3.54. The van der Waals surface area contributed by atoms with Crippen LogP contribution in [0.25, 0.3) is 11.0 Å². The predicted molar refractivity (Wildman–Crippen MR) is 99.8 cm³/mol. The van der Waals surface area contributed by atoms with Gasteiger partial charge < -0.3 is 14.5 Å². The molecular formula is C21H29NO3. The van der Waals surface area contributed by atoms with E-state index in [1.165, 1.54) is 37.7 Å². The summed E-state index contributed by atoms with van der Waals surface area (Å²) in [6.45, 7) is 5.52. The van der Waals surface area contributed by atoms with E-state index < -0.39 is 0 Å². The number of benzene rings is 1. The largest absolute Gasteiger partial charge is 0.464 e. The van der Waals surface area contributed by atoms with Gasteiger partial charge in [-0.3, -0.25) is 4.79 Å². The third kappa shape index (κ3) is 4.63. The molecule has 1 aliphatic carbocycles. The summed E-state index contributed by atoms with van der Waals surface area (Å²) in [7, 11) is 0. The number of nitrogens with one attached hydrogen (secondary N) is 1. The Morgan fingerprint density at radius 2 is 2.04 bits per heavy atom. The van der Waals surface area contributed by atoms with Crippen molar-refractivity contribution in [3.8, 4) is 0 Å². The highest BCUT2D eigenvalue weighted by molar-refractivity contribution is 5.89. The summed E-state index contributed by atoms with van der Waals surface area (Å²) in [4.78, 5) is 12.2. The lowest BCUT2D eigenvalue weighted by atomic mass is 9.98. The quantitative estimate of drug-likeness (QED) is 0.756. The van der Waals surface area contributed by atoms with Crippen molar-refractivity contribution in [2.45, 2.75) is 64.9 Å². The Labute approximate surface area is 149 Å². The van der Waals surface area contributed by atoms with Gasteiger partial charge in [0.2, 0.25) is 5.91 Å². The SMILES string of the molecule is Cc1ccc2c(CC(=O)NCCCOC3CCCCC3)coc2c1C. The lowest BCUT2D eigenvalue weighted by molar-refractivity contribution is -0.120. The van der Waals surface area contributed by atoms with Gasteiger partial charge in [-0.25, -0.2) is 0 Å². The highest BCUT2D eigenvalue weighted by Gasteiger charge is 2.14. The third-order valence-corrected chi connectivity index (χ3v) is 5.24. The van der Waals surface area contributed by atoms with Crippen molar-refractivity contribution in [2.75, 3.05) is 13.2 Å². The van der Waals surface area contributed by atoms with Crippen LogP contribution in [0.3, 0.4) is 0 Å². The predicted octanol–water partition coefficient (Wildman–Crippen LogP) is 4.45. The van der Waals surface area contributed by atoms with Gasteiger partial charge in [-0.2, -0.15) is 0 Å². The van der Waals surface area contributed by atoms with Gasteiger partial charge in [-0.05, 0) is 44.2 Å². The van der Waals surface area contributed by atoms with Gasteiger partial charge in [0.15, 0.2) is 0 Å². The Kier molecular flexibility index (Phi) is 6.14. The first kappa shape index (κ1) is 18.0. The molecule has 1 saturated carbocycles. The topological polar surface area (TPSA) is 51.5 Å². The number of hydrogen-bond donors (Lipinski definition) is 1. The van der Waals surface area contributed by atoms with Gasteiger partial charge >= 0.3 is 0 Å². The van der Waals surface area contributed by atoms with Crippen LogP contribution in [-0.4, -0.2) is 25.2 Å². The minimum Gasteiger partial charge on any atom is -0.464 e. The number of ether oxygens (including phenoxy) is 1. The van der Waals surface area contributed by atoms with Crippen molar-refractivity contribution in [1.82, 2.24) is 5.32 Å². The standard InChI is InChI=1S/C21H29NO3/c1-15-9-10-19-17(14-25-21(19)16(15)2)13-20(23)22-11-6-12-24-18-7-4-3-5-8-18/h9-10,14,18H,3-8,11-13H2,1-2H3,(H,22,23). The average Bonchev–Trinajstić information content (AvgIpc) is 3.02. The summed E-state index contributed by atoms with van der Waals surface area (Å²) >= 11 is 0. The zero-order valence-electron chi connectivity index (χ0n) is 15.4. The maximum absolute atomic E-state index is 12.2. The highest BCUT2D eigenvalue weighted by atomic mass is 16.5. The summed E-state index contributed by atoms with van der Waals surface area (Å²) in [5.41, 5.74) is 4.19. The molecule has 1 aromatic carbocycles. The number of carbonyl (C=O) groups is 1. The van der Waals surface area contributed by atoms with Gasteiger partial charge in [0.25, 0.3) is 0 Å². The van der Waals surface area contributed by atoms with Crippen molar-refractivity contribution in [2.24, 2.45) is 0 Å². The van der Waals surface area contributed by atoms with E-state index in [2.05, 4.69) is 25.2 Å². The molecule has 4 heteroatoms. The number of rotatable bonds is 7. The molecule has 1 aromatic heterocycles. The van der Waals surface area contributed by atoms with Crippen LogP contribution in [0.4, 0.5) is 0 Å². The molecule has 1 fully saturated rings. The molecule has 0 saturated heterocycles. The van der Waals surface area contributed by atoms with E-state index in [4.69, 9.17) is 9.15 Å². The molecule has 0 unspecified atom stereocenters. The summed E-state index contributed by atoms with van der Waals surface area (Å²) in [5.74, 6) is 0.0404. The summed E-state index contributed by atoms with van der Waals surface area (Å²) in [6.07, 6.45) is 9.69. The normalized spacial score (nSPS) is 15.6. The Morgan fingerprint density at radius 1 is 1.24 bits per heavy atom. The van der Waals surface area contributed by atoms with E-state index in [1.807, 2.05) is 6.07 Å². The number of furan rings is 1. The molecule has 136 valence electrons. The van der Waals surface area contributed by atoms with Crippen LogP contribution in [0.1, 0.15) is 55.2 Å². The van der Waals surface area contributed by atoms with E-state index in [9.17, 15) is 4.79 Å². The highest BCUT2D eigenvalue weighted by Crippen LogP contribution is 2.26. The molecule has 4 nitrogen and oxygen atoms in total. The second kappa shape index (κ2) is 8.52.